The van der Waals surface area contributed by atoms with Gasteiger partial charge in [-0.3, -0.25) is 4.98 Å². The number of pyridine rings is 1. The molecule has 0 amide bonds. The monoisotopic (exact) mass is 176 g/mol. The van der Waals surface area contributed by atoms with Crippen LogP contribution in [0.5, 0.6) is 0 Å². The molecule has 0 aliphatic heterocycles. The summed E-state index contributed by atoms with van der Waals surface area (Å²) in [7, 11) is 0. The molecule has 1 rings (SSSR count). The summed E-state index contributed by atoms with van der Waals surface area (Å²) in [5.41, 5.74) is 2.00. The molecule has 0 aromatic carbocycles. The molecule has 0 saturated carbocycles. The molecule has 0 radical (unpaired) electrons. The van der Waals surface area contributed by atoms with E-state index in [2.05, 4.69) is 10.2 Å². The zero-order valence-corrected chi connectivity index (χ0v) is 7.77. The Labute approximate surface area is 77.5 Å². The van der Waals surface area contributed by atoms with Gasteiger partial charge in [-0.2, -0.15) is 4.91 Å². The lowest BCUT2D eigenvalue weighted by Crippen LogP contribution is -1.97. The van der Waals surface area contributed by atoms with Gasteiger partial charge in [0.05, 0.1) is 0 Å². The zero-order chi connectivity index (χ0) is 9.68. The molecule has 1 aromatic heterocycles. The Hall–Kier alpha value is -1.51. The van der Waals surface area contributed by atoms with E-state index in [-0.39, 0.29) is 6.04 Å². The first-order chi connectivity index (χ1) is 6.24. The highest BCUT2D eigenvalue weighted by Crippen LogP contribution is 2.10. The first-order valence-corrected chi connectivity index (χ1v) is 4.14. The summed E-state index contributed by atoms with van der Waals surface area (Å²) < 4.78 is 0. The van der Waals surface area contributed by atoms with Crippen LogP contribution in [-0.4, -0.2) is 11.0 Å². The summed E-state index contributed by atoms with van der Waals surface area (Å²) in [6.45, 7) is 3.67. The Morgan fingerprint density at radius 2 is 2.15 bits per heavy atom. The molecule has 3 nitrogen and oxygen atoms in total. The van der Waals surface area contributed by atoms with Gasteiger partial charge in [0.1, 0.15) is 6.04 Å². The van der Waals surface area contributed by atoms with Crippen molar-refractivity contribution < 1.29 is 0 Å². The first kappa shape index (κ1) is 9.58. The summed E-state index contributed by atoms with van der Waals surface area (Å²) in [6, 6.07) is 3.52. The molecule has 1 aromatic rings. The quantitative estimate of drug-likeness (QED) is 0.664. The zero-order valence-electron chi connectivity index (χ0n) is 7.77. The Morgan fingerprint density at radius 1 is 1.54 bits per heavy atom. The standard InChI is InChI=1S/C10H12N2O/c1-8(9(2)12-13)7-10-3-5-11-6-4-10/h3-7,9H,1-2H3. The normalized spacial score (nSPS) is 13.8. The smallest absolute Gasteiger partial charge is 0.110 e. The molecule has 1 atom stereocenters. The van der Waals surface area contributed by atoms with Gasteiger partial charge in [0.15, 0.2) is 0 Å². The van der Waals surface area contributed by atoms with Gasteiger partial charge < -0.3 is 0 Å². The van der Waals surface area contributed by atoms with Crippen molar-refractivity contribution in [3.05, 3.63) is 40.6 Å². The van der Waals surface area contributed by atoms with E-state index in [1.54, 1.807) is 19.3 Å². The van der Waals surface area contributed by atoms with E-state index in [9.17, 15) is 4.91 Å². The molecule has 1 unspecified atom stereocenters. The van der Waals surface area contributed by atoms with Crippen LogP contribution in [0.15, 0.2) is 35.3 Å². The van der Waals surface area contributed by atoms with E-state index in [0.717, 1.165) is 11.1 Å². The highest BCUT2D eigenvalue weighted by molar-refractivity contribution is 5.52. The number of nitrogens with zero attached hydrogens (tertiary/aromatic N) is 2. The molecule has 0 N–H and O–H groups in total. The molecule has 0 aliphatic rings. The topological polar surface area (TPSA) is 42.3 Å². The van der Waals surface area contributed by atoms with Crippen LogP contribution in [0.4, 0.5) is 0 Å². The second-order valence-corrected chi connectivity index (χ2v) is 2.95. The highest BCUT2D eigenvalue weighted by atomic mass is 16.3. The minimum Gasteiger partial charge on any atom is -0.265 e. The number of hydrogen-bond acceptors (Lipinski definition) is 3. The van der Waals surface area contributed by atoms with Crippen molar-refractivity contribution in [2.75, 3.05) is 0 Å². The maximum atomic E-state index is 10.2. The maximum absolute atomic E-state index is 10.2. The van der Waals surface area contributed by atoms with Gasteiger partial charge in [-0.05, 0) is 37.1 Å². The third-order valence-corrected chi connectivity index (χ3v) is 1.92. The molecular formula is C10H12N2O. The summed E-state index contributed by atoms with van der Waals surface area (Å²) in [6.07, 6.45) is 5.38. The number of rotatable bonds is 3. The van der Waals surface area contributed by atoms with Crippen molar-refractivity contribution in [2.24, 2.45) is 5.18 Å². The molecule has 0 spiro atoms. The molecule has 0 saturated heterocycles. The van der Waals surface area contributed by atoms with Gasteiger partial charge >= 0.3 is 0 Å². The van der Waals surface area contributed by atoms with Gasteiger partial charge in [0.2, 0.25) is 0 Å². The fraction of sp³-hybridized carbons (Fsp3) is 0.300. The SMILES string of the molecule is CC(=Cc1ccncc1)C(C)N=O. The van der Waals surface area contributed by atoms with Crippen molar-refractivity contribution in [3.63, 3.8) is 0 Å². The lowest BCUT2D eigenvalue weighted by atomic mass is 10.1. The molecule has 3 heteroatoms. The van der Waals surface area contributed by atoms with Crippen LogP contribution < -0.4 is 0 Å². The minimum absolute atomic E-state index is 0.256. The molecule has 1 heterocycles. The van der Waals surface area contributed by atoms with Crippen LogP contribution >= 0.6 is 0 Å². The predicted molar refractivity (Wildman–Crippen MR) is 53.1 cm³/mol. The summed E-state index contributed by atoms with van der Waals surface area (Å²) in [5.74, 6) is 0. The van der Waals surface area contributed by atoms with Gasteiger partial charge in [0.25, 0.3) is 0 Å². The third-order valence-electron chi connectivity index (χ3n) is 1.92. The summed E-state index contributed by atoms with van der Waals surface area (Å²) in [5, 5.41) is 2.95. The van der Waals surface area contributed by atoms with Crippen LogP contribution in [0.25, 0.3) is 6.08 Å². The van der Waals surface area contributed by atoms with Gasteiger partial charge in [-0.1, -0.05) is 11.3 Å². The van der Waals surface area contributed by atoms with Crippen molar-refractivity contribution in [1.82, 2.24) is 4.98 Å². The van der Waals surface area contributed by atoms with E-state index in [1.165, 1.54) is 0 Å². The van der Waals surface area contributed by atoms with Crippen molar-refractivity contribution in [3.8, 4) is 0 Å². The number of aromatic nitrogens is 1. The lowest BCUT2D eigenvalue weighted by Gasteiger charge is -2.01. The Kier molecular flexibility index (Phi) is 3.31. The molecule has 0 aliphatic carbocycles. The minimum atomic E-state index is -0.256. The second-order valence-electron chi connectivity index (χ2n) is 2.95. The van der Waals surface area contributed by atoms with Gasteiger partial charge in [-0.25, -0.2) is 0 Å². The van der Waals surface area contributed by atoms with Crippen molar-refractivity contribution in [2.45, 2.75) is 19.9 Å². The average Bonchev–Trinajstić information content (AvgIpc) is 2.18. The van der Waals surface area contributed by atoms with Gasteiger partial charge in [0, 0.05) is 12.4 Å². The summed E-state index contributed by atoms with van der Waals surface area (Å²) in [4.78, 5) is 14.1. The fourth-order valence-electron chi connectivity index (χ4n) is 0.926. The Balaban J connectivity index is 2.82. The Bertz CT molecular complexity index is 306. The molecular weight excluding hydrogens is 164 g/mol. The predicted octanol–water partition coefficient (Wildman–Crippen LogP) is 2.64. The average molecular weight is 176 g/mol. The largest absolute Gasteiger partial charge is 0.265 e. The van der Waals surface area contributed by atoms with E-state index < -0.39 is 0 Å². The van der Waals surface area contributed by atoms with Crippen LogP contribution in [-0.2, 0) is 0 Å². The van der Waals surface area contributed by atoms with Crippen LogP contribution in [0.3, 0.4) is 0 Å². The van der Waals surface area contributed by atoms with E-state index in [0.29, 0.717) is 0 Å². The lowest BCUT2D eigenvalue weighted by molar-refractivity contribution is 0.860. The van der Waals surface area contributed by atoms with Crippen LogP contribution in [0, 0.1) is 4.91 Å². The number of nitroso groups, excluding NO2 is 1. The molecule has 0 fully saturated rings. The summed E-state index contributed by atoms with van der Waals surface area (Å²) >= 11 is 0. The van der Waals surface area contributed by atoms with Crippen LogP contribution in [0.1, 0.15) is 19.4 Å². The van der Waals surface area contributed by atoms with E-state index >= 15 is 0 Å². The van der Waals surface area contributed by atoms with Crippen LogP contribution in [0.2, 0.25) is 0 Å². The molecule has 68 valence electrons. The number of hydrogen-bond donors (Lipinski definition) is 0. The van der Waals surface area contributed by atoms with E-state index in [1.807, 2.05) is 25.1 Å². The second kappa shape index (κ2) is 4.50. The maximum Gasteiger partial charge on any atom is 0.110 e. The molecule has 13 heavy (non-hydrogen) atoms. The van der Waals surface area contributed by atoms with Crippen molar-refractivity contribution in [1.29, 1.82) is 0 Å². The third kappa shape index (κ3) is 2.78. The molecule has 0 bridgehead atoms. The highest BCUT2D eigenvalue weighted by Gasteiger charge is 2.01. The van der Waals surface area contributed by atoms with E-state index in [4.69, 9.17) is 0 Å². The van der Waals surface area contributed by atoms with Crippen molar-refractivity contribution >= 4 is 6.08 Å². The van der Waals surface area contributed by atoms with Gasteiger partial charge in [-0.15, -0.1) is 0 Å². The first-order valence-electron chi connectivity index (χ1n) is 4.14. The Morgan fingerprint density at radius 3 is 2.69 bits per heavy atom. The fourth-order valence-corrected chi connectivity index (χ4v) is 0.926.